The maximum absolute atomic E-state index is 12.8. The van der Waals surface area contributed by atoms with E-state index in [9.17, 15) is 23.2 Å². The molecule has 39 heavy (non-hydrogen) atoms. The number of ether oxygens (including phenoxy) is 3. The number of nitrogens with zero attached hydrogens (tertiary/aromatic N) is 3. The number of nitrogens with one attached hydrogen (secondary N) is 2. The van der Waals surface area contributed by atoms with Gasteiger partial charge in [-0.3, -0.25) is 14.5 Å². The second kappa shape index (κ2) is 10.1. The fourth-order valence-electron chi connectivity index (χ4n) is 5.45. The van der Waals surface area contributed by atoms with E-state index in [-0.39, 0.29) is 47.8 Å². The molecule has 1 saturated carbocycles. The van der Waals surface area contributed by atoms with Crippen LogP contribution in [0.25, 0.3) is 10.9 Å². The number of pyridine rings is 2. The molecule has 2 aromatic heterocycles. The number of aromatic nitrogens is 2. The number of anilines is 2. The molecule has 1 saturated heterocycles. The molecule has 2 amide bonds. The average molecular weight is 542 g/mol. The Bertz CT molecular complexity index is 1500. The summed E-state index contributed by atoms with van der Waals surface area (Å²) >= 11 is 0. The van der Waals surface area contributed by atoms with E-state index >= 15 is 0 Å². The van der Waals surface area contributed by atoms with Crippen molar-refractivity contribution in [1.29, 1.82) is 0 Å². The standard InChI is InChI=1S/C26H25F2N5O6/c27-25(28)38-16-4-1-14-2-8-23(35)32(18(14)12-16)10-9-29-15-3-5-17-20(11-15)39-26(36)33(17)21-7-6-19-24(30-21)31-22(34)13-37-19/h1-2,4,6-8,12,15,17,20,25,29H,3,5,9-11,13H2,(H,30,31,34)/t15-,17-,20-/m0/s1. The highest BCUT2D eigenvalue weighted by atomic mass is 19.3. The molecule has 1 aromatic carbocycles. The smallest absolute Gasteiger partial charge is 0.416 e. The van der Waals surface area contributed by atoms with E-state index in [2.05, 4.69) is 20.4 Å². The molecule has 204 valence electrons. The lowest BCUT2D eigenvalue weighted by Crippen LogP contribution is -2.46. The number of hydrogen-bond acceptors (Lipinski definition) is 8. The third kappa shape index (κ3) is 4.97. The van der Waals surface area contributed by atoms with Gasteiger partial charge >= 0.3 is 12.7 Å². The maximum atomic E-state index is 12.8. The summed E-state index contributed by atoms with van der Waals surface area (Å²) in [6.45, 7) is -2.27. The third-order valence-corrected chi connectivity index (χ3v) is 7.20. The van der Waals surface area contributed by atoms with Gasteiger partial charge in [-0.1, -0.05) is 0 Å². The lowest BCUT2D eigenvalue weighted by atomic mass is 9.88. The summed E-state index contributed by atoms with van der Waals surface area (Å²) in [7, 11) is 0. The first kappa shape index (κ1) is 25.0. The van der Waals surface area contributed by atoms with Crippen molar-refractivity contribution in [1.82, 2.24) is 14.9 Å². The van der Waals surface area contributed by atoms with Crippen LogP contribution in [-0.4, -0.2) is 59.5 Å². The van der Waals surface area contributed by atoms with Gasteiger partial charge in [0.2, 0.25) is 0 Å². The molecular formula is C26H25F2N5O6. The second-order valence-corrected chi connectivity index (χ2v) is 9.60. The number of carbonyl (C=O) groups excluding carboxylic acids is 2. The average Bonchev–Trinajstić information content (AvgIpc) is 3.24. The first-order valence-corrected chi connectivity index (χ1v) is 12.6. The summed E-state index contributed by atoms with van der Waals surface area (Å²) < 4.78 is 42.4. The van der Waals surface area contributed by atoms with Crippen LogP contribution in [0.5, 0.6) is 11.5 Å². The Morgan fingerprint density at radius 3 is 2.82 bits per heavy atom. The zero-order valence-corrected chi connectivity index (χ0v) is 20.6. The van der Waals surface area contributed by atoms with Crippen molar-refractivity contribution in [3.8, 4) is 11.5 Å². The highest BCUT2D eigenvalue weighted by Crippen LogP contribution is 2.37. The third-order valence-electron chi connectivity index (χ3n) is 7.20. The Kier molecular flexibility index (Phi) is 6.51. The molecule has 3 atom stereocenters. The van der Waals surface area contributed by atoms with Gasteiger partial charge in [-0.25, -0.2) is 9.78 Å². The molecule has 0 spiro atoms. The quantitative estimate of drug-likeness (QED) is 0.468. The Labute approximate surface area is 220 Å². The SMILES string of the molecule is O=C1COc2ccc(N3C(=O)O[C@H]4C[C@@H](NCCn5c(=O)ccc6ccc(OC(F)F)cc65)CC[C@@H]43)nc2N1. The van der Waals surface area contributed by atoms with Crippen LogP contribution in [0.15, 0.2) is 47.3 Å². The van der Waals surface area contributed by atoms with Gasteiger partial charge in [0.1, 0.15) is 17.7 Å². The minimum Gasteiger partial charge on any atom is -0.480 e. The number of fused-ring (bicyclic) bond motifs is 3. The summed E-state index contributed by atoms with van der Waals surface area (Å²) in [6, 6.07) is 10.8. The van der Waals surface area contributed by atoms with Crippen LogP contribution in [0, 0.1) is 0 Å². The molecule has 6 rings (SSSR count). The van der Waals surface area contributed by atoms with E-state index in [0.717, 1.165) is 11.8 Å². The first-order chi connectivity index (χ1) is 18.9. The van der Waals surface area contributed by atoms with Crippen LogP contribution in [0.3, 0.4) is 0 Å². The number of carbonyl (C=O) groups is 2. The van der Waals surface area contributed by atoms with E-state index in [0.29, 0.717) is 43.0 Å². The fraction of sp³-hybridized carbons (Fsp3) is 0.385. The van der Waals surface area contributed by atoms with Crippen LogP contribution >= 0.6 is 0 Å². The Morgan fingerprint density at radius 1 is 1.13 bits per heavy atom. The van der Waals surface area contributed by atoms with E-state index in [1.54, 1.807) is 24.3 Å². The van der Waals surface area contributed by atoms with Gasteiger partial charge in [0, 0.05) is 37.7 Å². The van der Waals surface area contributed by atoms with E-state index in [4.69, 9.17) is 9.47 Å². The number of alkyl halides is 2. The van der Waals surface area contributed by atoms with Gasteiger partial charge in [-0.05, 0) is 48.6 Å². The van der Waals surface area contributed by atoms with Crippen molar-refractivity contribution >= 4 is 34.5 Å². The van der Waals surface area contributed by atoms with Crippen LogP contribution in [0.2, 0.25) is 0 Å². The molecule has 3 aliphatic rings. The molecular weight excluding hydrogens is 516 g/mol. The molecule has 4 heterocycles. The van der Waals surface area contributed by atoms with Crippen LogP contribution in [0.4, 0.5) is 25.2 Å². The zero-order valence-electron chi connectivity index (χ0n) is 20.6. The number of amides is 2. The fourth-order valence-corrected chi connectivity index (χ4v) is 5.45. The summed E-state index contributed by atoms with van der Waals surface area (Å²) in [5, 5.41) is 6.82. The summed E-state index contributed by atoms with van der Waals surface area (Å²) in [5.41, 5.74) is 0.257. The van der Waals surface area contributed by atoms with Gasteiger partial charge < -0.3 is 29.4 Å². The Hall–Kier alpha value is -4.26. The van der Waals surface area contributed by atoms with Crippen molar-refractivity contribution in [3.63, 3.8) is 0 Å². The molecule has 0 unspecified atom stereocenters. The second-order valence-electron chi connectivity index (χ2n) is 9.60. The molecule has 13 heteroatoms. The van der Waals surface area contributed by atoms with Gasteiger partial charge in [0.05, 0.1) is 11.6 Å². The van der Waals surface area contributed by atoms with Crippen molar-refractivity contribution in [2.75, 3.05) is 23.4 Å². The number of benzene rings is 1. The molecule has 0 radical (unpaired) electrons. The van der Waals surface area contributed by atoms with Gasteiger partial charge in [-0.15, -0.1) is 0 Å². The van der Waals surface area contributed by atoms with Crippen molar-refractivity contribution in [2.45, 2.75) is 50.6 Å². The number of hydrogen-bond donors (Lipinski definition) is 2. The zero-order chi connectivity index (χ0) is 27.1. The molecule has 0 bridgehead atoms. The lowest BCUT2D eigenvalue weighted by molar-refractivity contribution is -0.118. The Morgan fingerprint density at radius 2 is 1.97 bits per heavy atom. The highest BCUT2D eigenvalue weighted by Gasteiger charge is 2.46. The minimum atomic E-state index is -2.96. The van der Waals surface area contributed by atoms with E-state index < -0.39 is 12.7 Å². The molecule has 2 aliphatic heterocycles. The van der Waals surface area contributed by atoms with E-state index in [1.165, 1.54) is 27.7 Å². The van der Waals surface area contributed by atoms with Crippen LogP contribution in [-0.2, 0) is 16.1 Å². The number of rotatable bonds is 7. The molecule has 2 N–H and O–H groups in total. The van der Waals surface area contributed by atoms with Gasteiger partial charge in [0.25, 0.3) is 11.5 Å². The first-order valence-electron chi connectivity index (χ1n) is 12.6. The molecule has 11 nitrogen and oxygen atoms in total. The van der Waals surface area contributed by atoms with Crippen molar-refractivity contribution < 1.29 is 32.6 Å². The minimum absolute atomic E-state index is 0.0148. The topological polar surface area (TPSA) is 124 Å². The lowest BCUT2D eigenvalue weighted by Gasteiger charge is -2.33. The number of halogens is 2. The summed E-state index contributed by atoms with van der Waals surface area (Å²) in [6.07, 6.45) is 1.16. The predicted molar refractivity (Wildman–Crippen MR) is 135 cm³/mol. The summed E-state index contributed by atoms with van der Waals surface area (Å²) in [5.74, 6) is 0.770. The highest BCUT2D eigenvalue weighted by molar-refractivity contribution is 5.95. The van der Waals surface area contributed by atoms with Gasteiger partial charge in [0.15, 0.2) is 18.2 Å². The normalized spacial score (nSPS) is 22.2. The predicted octanol–water partition coefficient (Wildman–Crippen LogP) is 2.86. The largest absolute Gasteiger partial charge is 0.480 e. The molecule has 3 aromatic rings. The molecule has 2 fully saturated rings. The maximum Gasteiger partial charge on any atom is 0.416 e. The van der Waals surface area contributed by atoms with Crippen LogP contribution < -0.4 is 30.6 Å². The van der Waals surface area contributed by atoms with Crippen molar-refractivity contribution in [2.24, 2.45) is 0 Å². The van der Waals surface area contributed by atoms with E-state index in [1.807, 2.05) is 0 Å². The van der Waals surface area contributed by atoms with Gasteiger partial charge in [-0.2, -0.15) is 8.78 Å². The summed E-state index contributed by atoms with van der Waals surface area (Å²) in [4.78, 5) is 42.9. The van der Waals surface area contributed by atoms with Crippen LogP contribution in [0.1, 0.15) is 19.3 Å². The van der Waals surface area contributed by atoms with Crippen molar-refractivity contribution in [3.05, 3.63) is 52.8 Å². The monoisotopic (exact) mass is 541 g/mol. The molecule has 1 aliphatic carbocycles. The Balaban J connectivity index is 1.10.